The first kappa shape index (κ1) is 36.1. The standard InChI is InChI=1S/C39H45N5O8/c1-6-44-31(23-30(42-44)25(2)3)37(46)43-18-15-39(16-19-43)38(47)41-24-26-7-13-32(34(21-26)48-4)51-33-14-8-27(22-35(33)49-5)36(45)40-17-20-50-28-9-11-29(52-39)12-10-28/h7-14,21-23,25H,6,15-20,24H2,1-5H3,(H,40,45)(H,41,47). The number of likely N-dealkylation sites (tertiary alicyclic amines) is 1. The second kappa shape index (κ2) is 15.7. The van der Waals surface area contributed by atoms with Crippen molar-refractivity contribution in [3.8, 4) is 34.5 Å². The molecule has 9 rings (SSSR count). The van der Waals surface area contributed by atoms with Crippen LogP contribution in [-0.2, 0) is 17.9 Å². The summed E-state index contributed by atoms with van der Waals surface area (Å²) in [5.41, 5.74) is 1.33. The minimum absolute atomic E-state index is 0.119. The number of piperidine rings is 1. The van der Waals surface area contributed by atoms with E-state index in [-0.39, 0.29) is 56.2 Å². The first-order valence-corrected chi connectivity index (χ1v) is 17.5. The summed E-state index contributed by atoms with van der Waals surface area (Å²) in [6, 6.07) is 19.2. The molecule has 3 amide bonds. The Hall–Kier alpha value is -5.72. The summed E-state index contributed by atoms with van der Waals surface area (Å²) in [6.07, 6.45) is 0.548. The summed E-state index contributed by atoms with van der Waals surface area (Å²) in [6.45, 7) is 7.94. The third-order valence-electron chi connectivity index (χ3n) is 9.30. The first-order chi connectivity index (χ1) is 25.1. The van der Waals surface area contributed by atoms with Crippen molar-refractivity contribution in [1.82, 2.24) is 25.3 Å². The highest BCUT2D eigenvalue weighted by Gasteiger charge is 2.45. The number of hydrogen-bond donors (Lipinski definition) is 2. The Morgan fingerprint density at radius 2 is 1.58 bits per heavy atom. The van der Waals surface area contributed by atoms with E-state index in [1.54, 1.807) is 64.2 Å². The molecule has 52 heavy (non-hydrogen) atoms. The molecule has 6 bridgehead atoms. The molecule has 13 heteroatoms. The van der Waals surface area contributed by atoms with E-state index < -0.39 is 5.60 Å². The molecular weight excluding hydrogens is 666 g/mol. The Morgan fingerprint density at radius 3 is 2.25 bits per heavy atom. The molecule has 1 aromatic heterocycles. The van der Waals surface area contributed by atoms with Gasteiger partial charge in [0.05, 0.1) is 26.5 Å². The molecule has 0 atom stereocenters. The van der Waals surface area contributed by atoms with E-state index in [1.165, 1.54) is 14.2 Å². The zero-order valence-electron chi connectivity index (χ0n) is 30.2. The minimum atomic E-state index is -1.25. The number of aromatic nitrogens is 2. The van der Waals surface area contributed by atoms with E-state index in [0.29, 0.717) is 65.4 Å². The van der Waals surface area contributed by atoms with Gasteiger partial charge in [0, 0.05) is 44.6 Å². The van der Waals surface area contributed by atoms with Gasteiger partial charge < -0.3 is 39.2 Å². The van der Waals surface area contributed by atoms with Crippen molar-refractivity contribution in [2.75, 3.05) is 40.5 Å². The van der Waals surface area contributed by atoms with E-state index in [4.69, 9.17) is 23.7 Å². The van der Waals surface area contributed by atoms with Crippen molar-refractivity contribution in [1.29, 1.82) is 0 Å². The van der Waals surface area contributed by atoms with Crippen molar-refractivity contribution < 1.29 is 38.1 Å². The third kappa shape index (κ3) is 7.78. The Labute approximate surface area is 303 Å². The fraction of sp³-hybridized carbons (Fsp3) is 0.385. The van der Waals surface area contributed by atoms with E-state index in [9.17, 15) is 14.4 Å². The quantitative estimate of drug-likeness (QED) is 0.281. The zero-order valence-corrected chi connectivity index (χ0v) is 30.2. The van der Waals surface area contributed by atoms with Gasteiger partial charge >= 0.3 is 0 Å². The van der Waals surface area contributed by atoms with Gasteiger partial charge in [-0.1, -0.05) is 19.9 Å². The second-order valence-corrected chi connectivity index (χ2v) is 13.0. The molecule has 0 unspecified atom stereocenters. The van der Waals surface area contributed by atoms with Crippen LogP contribution in [0.2, 0.25) is 0 Å². The number of amides is 3. The number of methoxy groups -OCH3 is 2. The Morgan fingerprint density at radius 1 is 0.904 bits per heavy atom. The lowest BCUT2D eigenvalue weighted by Gasteiger charge is -2.40. The van der Waals surface area contributed by atoms with Crippen molar-refractivity contribution in [3.05, 3.63) is 89.2 Å². The average molecular weight is 712 g/mol. The topological polar surface area (TPSA) is 142 Å². The van der Waals surface area contributed by atoms with Gasteiger partial charge in [-0.15, -0.1) is 0 Å². The lowest BCUT2D eigenvalue weighted by Crippen LogP contribution is -2.58. The molecule has 0 saturated carbocycles. The molecule has 4 aromatic rings. The smallest absolute Gasteiger partial charge is 0.272 e. The van der Waals surface area contributed by atoms with Crippen LogP contribution in [0.25, 0.3) is 0 Å². The molecule has 6 heterocycles. The van der Waals surface area contributed by atoms with E-state index >= 15 is 0 Å². The van der Waals surface area contributed by atoms with Gasteiger partial charge in [0.1, 0.15) is 23.8 Å². The predicted molar refractivity (Wildman–Crippen MR) is 193 cm³/mol. The monoisotopic (exact) mass is 711 g/mol. The molecule has 274 valence electrons. The SMILES string of the molecule is CCn1nc(C(C)C)cc1C(=O)N1CCC2(CC1)Oc1ccc(cc1)OCCNC(=O)c1ccc(c(OC)c1)Oc1ccc(cc1OC)CNC2=O. The summed E-state index contributed by atoms with van der Waals surface area (Å²) in [5.74, 6) is 2.18. The van der Waals surface area contributed by atoms with Gasteiger partial charge in [0.2, 0.25) is 0 Å². The van der Waals surface area contributed by atoms with Crippen LogP contribution in [0.15, 0.2) is 66.7 Å². The predicted octanol–water partition coefficient (Wildman–Crippen LogP) is 5.33. The highest BCUT2D eigenvalue weighted by molar-refractivity contribution is 5.95. The molecule has 1 spiro atoms. The van der Waals surface area contributed by atoms with Crippen molar-refractivity contribution in [2.24, 2.45) is 0 Å². The van der Waals surface area contributed by atoms with E-state index in [1.807, 2.05) is 32.9 Å². The lowest BCUT2D eigenvalue weighted by molar-refractivity contribution is -0.141. The number of nitrogens with one attached hydrogen (secondary N) is 2. The summed E-state index contributed by atoms with van der Waals surface area (Å²) in [4.78, 5) is 42.5. The number of ether oxygens (including phenoxy) is 5. The average Bonchev–Trinajstić information content (AvgIpc) is 3.61. The zero-order chi connectivity index (χ0) is 36.8. The highest BCUT2D eigenvalue weighted by atomic mass is 16.5. The first-order valence-electron chi connectivity index (χ1n) is 17.5. The normalized spacial score (nSPS) is 16.2. The molecule has 0 aliphatic carbocycles. The molecule has 0 radical (unpaired) electrons. The van der Waals surface area contributed by atoms with Crippen LogP contribution in [-0.4, -0.2) is 78.5 Å². The Balaban J connectivity index is 1.26. The number of hydrogen-bond acceptors (Lipinski definition) is 9. The van der Waals surface area contributed by atoms with Gasteiger partial charge in [-0.2, -0.15) is 5.10 Å². The number of aryl methyl sites for hydroxylation is 1. The Kier molecular flexibility index (Phi) is 10.9. The largest absolute Gasteiger partial charge is 0.493 e. The van der Waals surface area contributed by atoms with Crippen molar-refractivity contribution in [2.45, 2.75) is 58.2 Å². The van der Waals surface area contributed by atoms with Crippen LogP contribution >= 0.6 is 0 Å². The van der Waals surface area contributed by atoms with Gasteiger partial charge in [-0.3, -0.25) is 19.1 Å². The summed E-state index contributed by atoms with van der Waals surface area (Å²) in [5, 5.41) is 10.6. The van der Waals surface area contributed by atoms with Crippen LogP contribution in [0, 0.1) is 0 Å². The molecule has 3 aromatic carbocycles. The fourth-order valence-electron chi connectivity index (χ4n) is 6.27. The van der Waals surface area contributed by atoms with Crippen LogP contribution in [0.5, 0.6) is 34.5 Å². The lowest BCUT2D eigenvalue weighted by atomic mass is 9.89. The number of nitrogens with zero attached hydrogens (tertiary/aromatic N) is 3. The van der Waals surface area contributed by atoms with Crippen LogP contribution in [0.4, 0.5) is 0 Å². The van der Waals surface area contributed by atoms with Gasteiger partial charge in [0.15, 0.2) is 28.6 Å². The van der Waals surface area contributed by atoms with E-state index in [2.05, 4.69) is 15.7 Å². The molecule has 1 saturated heterocycles. The molecular formula is C39H45N5O8. The maximum absolute atomic E-state index is 14.1. The molecule has 1 fully saturated rings. The van der Waals surface area contributed by atoms with Crippen LogP contribution < -0.4 is 34.3 Å². The molecule has 5 aliphatic heterocycles. The second-order valence-electron chi connectivity index (χ2n) is 13.0. The van der Waals surface area contributed by atoms with Gasteiger partial charge in [-0.05, 0) is 79.1 Å². The van der Waals surface area contributed by atoms with Crippen LogP contribution in [0.1, 0.15) is 71.6 Å². The van der Waals surface area contributed by atoms with Gasteiger partial charge in [-0.25, -0.2) is 0 Å². The number of fused-ring (bicyclic) bond motifs is 3. The number of carbonyl (C=O) groups is 3. The van der Waals surface area contributed by atoms with Crippen LogP contribution in [0.3, 0.4) is 0 Å². The summed E-state index contributed by atoms with van der Waals surface area (Å²) in [7, 11) is 3.03. The molecule has 13 nitrogen and oxygen atoms in total. The Bertz CT molecular complexity index is 1910. The molecule has 2 N–H and O–H groups in total. The number of carbonyl (C=O) groups excluding carboxylic acids is 3. The maximum Gasteiger partial charge on any atom is 0.272 e. The fourth-order valence-corrected chi connectivity index (χ4v) is 6.27. The summed E-state index contributed by atoms with van der Waals surface area (Å²) < 4.78 is 31.5. The maximum atomic E-state index is 14.1. The highest BCUT2D eigenvalue weighted by Crippen LogP contribution is 2.38. The summed E-state index contributed by atoms with van der Waals surface area (Å²) >= 11 is 0. The minimum Gasteiger partial charge on any atom is -0.493 e. The molecule has 5 aliphatic rings. The van der Waals surface area contributed by atoms with Gasteiger partial charge in [0.25, 0.3) is 17.7 Å². The third-order valence-corrected chi connectivity index (χ3v) is 9.30. The van der Waals surface area contributed by atoms with Crippen molar-refractivity contribution in [3.63, 3.8) is 0 Å². The number of rotatable bonds is 5. The van der Waals surface area contributed by atoms with E-state index in [0.717, 1.165) is 11.3 Å². The number of benzene rings is 3. The van der Waals surface area contributed by atoms with Crippen molar-refractivity contribution >= 4 is 17.7 Å².